The van der Waals surface area contributed by atoms with Gasteiger partial charge in [-0.05, 0) is 5.56 Å². The van der Waals surface area contributed by atoms with Crippen molar-refractivity contribution >= 4 is 17.7 Å². The topological polar surface area (TPSA) is 104 Å². The molecule has 1 atom stereocenters. The van der Waals surface area contributed by atoms with Crippen LogP contribution in [0.2, 0.25) is 0 Å². The summed E-state index contributed by atoms with van der Waals surface area (Å²) >= 11 is 0. The van der Waals surface area contributed by atoms with Crippen LogP contribution in [0.1, 0.15) is 17.0 Å². The largest absolute Gasteiger partial charge is 0.468 e. The number of aromatic nitrogens is 2. The van der Waals surface area contributed by atoms with Crippen LogP contribution in [0, 0.1) is 0 Å². The molecule has 1 heterocycles. The highest BCUT2D eigenvalue weighted by molar-refractivity contribution is 5.83. The first-order valence-electron chi connectivity index (χ1n) is 5.64. The molecule has 1 unspecified atom stereocenters. The summed E-state index contributed by atoms with van der Waals surface area (Å²) in [5, 5.41) is 0. The van der Waals surface area contributed by atoms with E-state index in [-0.39, 0.29) is 11.8 Å². The zero-order valence-electron chi connectivity index (χ0n) is 10.4. The summed E-state index contributed by atoms with van der Waals surface area (Å²) < 4.78 is 4.83. The molecule has 0 fully saturated rings. The van der Waals surface area contributed by atoms with Gasteiger partial charge in [-0.2, -0.15) is 4.98 Å². The number of hydrogen-bond donors (Lipinski definition) is 2. The van der Waals surface area contributed by atoms with Crippen molar-refractivity contribution < 1.29 is 9.53 Å². The number of nitrogens with two attached hydrogens (primary N) is 2. The van der Waals surface area contributed by atoms with E-state index in [0.29, 0.717) is 5.56 Å². The minimum Gasteiger partial charge on any atom is -0.468 e. The van der Waals surface area contributed by atoms with Crippen LogP contribution in [0.15, 0.2) is 36.5 Å². The van der Waals surface area contributed by atoms with E-state index in [9.17, 15) is 4.79 Å². The summed E-state index contributed by atoms with van der Waals surface area (Å²) in [4.78, 5) is 19.7. The molecule has 0 aliphatic heterocycles. The molecule has 0 saturated heterocycles. The van der Waals surface area contributed by atoms with Crippen molar-refractivity contribution in [1.82, 2.24) is 9.97 Å². The fraction of sp³-hybridized carbons (Fsp3) is 0.154. The van der Waals surface area contributed by atoms with Crippen molar-refractivity contribution in [2.75, 3.05) is 18.6 Å². The van der Waals surface area contributed by atoms with Crippen molar-refractivity contribution in [2.24, 2.45) is 0 Å². The molecule has 6 heteroatoms. The van der Waals surface area contributed by atoms with E-state index in [2.05, 4.69) is 9.97 Å². The summed E-state index contributed by atoms with van der Waals surface area (Å²) in [7, 11) is 1.33. The number of esters is 1. The van der Waals surface area contributed by atoms with Gasteiger partial charge in [0.05, 0.1) is 7.11 Å². The molecule has 1 aromatic carbocycles. The number of carbonyl (C=O) groups excluding carboxylic acids is 1. The zero-order chi connectivity index (χ0) is 13.8. The third kappa shape index (κ3) is 2.62. The zero-order valence-corrected chi connectivity index (χ0v) is 10.4. The second-order valence-corrected chi connectivity index (χ2v) is 3.94. The van der Waals surface area contributed by atoms with E-state index in [0.717, 1.165) is 5.56 Å². The molecule has 0 aliphatic carbocycles. The number of benzene rings is 1. The van der Waals surface area contributed by atoms with Gasteiger partial charge in [0.2, 0.25) is 5.95 Å². The SMILES string of the molecule is COC(=O)C(c1ccccc1)c1cnc(N)nc1N. The van der Waals surface area contributed by atoms with Gasteiger partial charge in [-0.1, -0.05) is 30.3 Å². The maximum Gasteiger partial charge on any atom is 0.317 e. The molecule has 2 aromatic rings. The van der Waals surface area contributed by atoms with Crippen LogP contribution < -0.4 is 11.5 Å². The van der Waals surface area contributed by atoms with Crippen molar-refractivity contribution in [1.29, 1.82) is 0 Å². The van der Waals surface area contributed by atoms with E-state index >= 15 is 0 Å². The van der Waals surface area contributed by atoms with Crippen LogP contribution >= 0.6 is 0 Å². The van der Waals surface area contributed by atoms with E-state index in [1.54, 1.807) is 0 Å². The Bertz CT molecular complexity index is 586. The van der Waals surface area contributed by atoms with Crippen LogP contribution in [0.3, 0.4) is 0 Å². The van der Waals surface area contributed by atoms with Gasteiger partial charge in [0.25, 0.3) is 0 Å². The predicted molar refractivity (Wildman–Crippen MR) is 71.2 cm³/mol. The summed E-state index contributed by atoms with van der Waals surface area (Å²) in [5.74, 6) is -0.845. The molecule has 0 radical (unpaired) electrons. The van der Waals surface area contributed by atoms with Crippen LogP contribution in [-0.2, 0) is 9.53 Å². The van der Waals surface area contributed by atoms with E-state index < -0.39 is 11.9 Å². The summed E-state index contributed by atoms with van der Waals surface area (Å²) in [5.41, 5.74) is 12.5. The summed E-state index contributed by atoms with van der Waals surface area (Å²) in [6, 6.07) is 9.16. The van der Waals surface area contributed by atoms with E-state index in [4.69, 9.17) is 16.2 Å². The highest BCUT2D eigenvalue weighted by atomic mass is 16.5. The van der Waals surface area contributed by atoms with E-state index in [1.807, 2.05) is 30.3 Å². The number of carbonyl (C=O) groups is 1. The van der Waals surface area contributed by atoms with Gasteiger partial charge in [0.15, 0.2) is 0 Å². The number of nitrogens with zero attached hydrogens (tertiary/aromatic N) is 2. The monoisotopic (exact) mass is 258 g/mol. The molecule has 0 amide bonds. The molecule has 1 aromatic heterocycles. The van der Waals surface area contributed by atoms with E-state index in [1.165, 1.54) is 13.3 Å². The first kappa shape index (κ1) is 12.8. The molecule has 0 aliphatic rings. The quantitative estimate of drug-likeness (QED) is 0.794. The second-order valence-electron chi connectivity index (χ2n) is 3.94. The predicted octanol–water partition coefficient (Wildman–Crippen LogP) is 0.946. The van der Waals surface area contributed by atoms with Crippen molar-refractivity contribution in [2.45, 2.75) is 5.92 Å². The molecule has 6 nitrogen and oxygen atoms in total. The first-order chi connectivity index (χ1) is 9.13. The Labute approximate surface area is 110 Å². The lowest BCUT2D eigenvalue weighted by Gasteiger charge is -2.16. The van der Waals surface area contributed by atoms with Gasteiger partial charge in [0, 0.05) is 11.8 Å². The third-order valence-electron chi connectivity index (χ3n) is 2.75. The Hall–Kier alpha value is -2.63. The Balaban J connectivity index is 2.52. The Morgan fingerprint density at radius 1 is 1.26 bits per heavy atom. The van der Waals surface area contributed by atoms with Crippen molar-refractivity contribution in [3.8, 4) is 0 Å². The number of anilines is 2. The maximum atomic E-state index is 12.0. The van der Waals surface area contributed by atoms with Gasteiger partial charge < -0.3 is 16.2 Å². The average Bonchev–Trinajstić information content (AvgIpc) is 2.42. The number of methoxy groups -OCH3 is 1. The highest BCUT2D eigenvalue weighted by Crippen LogP contribution is 2.28. The normalized spacial score (nSPS) is 11.8. The molecule has 2 rings (SSSR count). The fourth-order valence-electron chi connectivity index (χ4n) is 1.85. The lowest BCUT2D eigenvalue weighted by molar-refractivity contribution is -0.141. The van der Waals surface area contributed by atoms with Crippen molar-refractivity contribution in [3.05, 3.63) is 47.7 Å². The number of hydrogen-bond acceptors (Lipinski definition) is 6. The smallest absolute Gasteiger partial charge is 0.317 e. The molecule has 98 valence electrons. The molecule has 19 heavy (non-hydrogen) atoms. The molecule has 4 N–H and O–H groups in total. The molecular formula is C13H14N4O2. The lowest BCUT2D eigenvalue weighted by atomic mass is 9.92. The second kappa shape index (κ2) is 5.34. The molecule has 0 bridgehead atoms. The molecular weight excluding hydrogens is 244 g/mol. The standard InChI is InChI=1S/C13H14N4O2/c1-19-12(18)10(8-5-3-2-4-6-8)9-7-16-13(15)17-11(9)14/h2-7,10H,1H3,(H4,14,15,16,17). The molecule has 0 saturated carbocycles. The number of nitrogen functional groups attached to an aromatic ring is 2. The third-order valence-corrected chi connectivity index (χ3v) is 2.75. The Morgan fingerprint density at radius 3 is 2.53 bits per heavy atom. The van der Waals surface area contributed by atoms with Gasteiger partial charge in [-0.15, -0.1) is 0 Å². The first-order valence-corrected chi connectivity index (χ1v) is 5.64. The Morgan fingerprint density at radius 2 is 1.95 bits per heavy atom. The minimum atomic E-state index is -0.660. The fourth-order valence-corrected chi connectivity index (χ4v) is 1.85. The number of ether oxygens (including phenoxy) is 1. The lowest BCUT2D eigenvalue weighted by Crippen LogP contribution is -2.18. The highest BCUT2D eigenvalue weighted by Gasteiger charge is 2.26. The van der Waals surface area contributed by atoms with Gasteiger partial charge in [0.1, 0.15) is 11.7 Å². The van der Waals surface area contributed by atoms with Crippen molar-refractivity contribution in [3.63, 3.8) is 0 Å². The maximum absolute atomic E-state index is 12.0. The van der Waals surface area contributed by atoms with Crippen LogP contribution in [0.25, 0.3) is 0 Å². The minimum absolute atomic E-state index is 0.0675. The van der Waals surface area contributed by atoms with Gasteiger partial charge >= 0.3 is 5.97 Å². The van der Waals surface area contributed by atoms with Gasteiger partial charge in [-0.25, -0.2) is 4.98 Å². The average molecular weight is 258 g/mol. The van der Waals surface area contributed by atoms with Crippen LogP contribution in [0.4, 0.5) is 11.8 Å². The summed E-state index contributed by atoms with van der Waals surface area (Å²) in [6.45, 7) is 0. The number of rotatable bonds is 3. The Kier molecular flexibility index (Phi) is 3.61. The molecule has 0 spiro atoms. The summed E-state index contributed by atoms with van der Waals surface area (Å²) in [6.07, 6.45) is 1.45. The van der Waals surface area contributed by atoms with Crippen LogP contribution in [-0.4, -0.2) is 23.0 Å². The van der Waals surface area contributed by atoms with Gasteiger partial charge in [-0.3, -0.25) is 4.79 Å². The van der Waals surface area contributed by atoms with Crippen LogP contribution in [0.5, 0.6) is 0 Å².